The summed E-state index contributed by atoms with van der Waals surface area (Å²) in [6.07, 6.45) is 3.79. The molecule has 1 aromatic rings. The van der Waals surface area contributed by atoms with Crippen molar-refractivity contribution in [3.8, 4) is 5.75 Å². The third-order valence-electron chi connectivity index (χ3n) is 3.95. The summed E-state index contributed by atoms with van der Waals surface area (Å²) < 4.78 is 19.0. The van der Waals surface area contributed by atoms with Crippen molar-refractivity contribution in [1.29, 1.82) is 0 Å². The Morgan fingerprint density at radius 3 is 2.81 bits per heavy atom. The van der Waals surface area contributed by atoms with Crippen LogP contribution in [0.2, 0.25) is 0 Å². The van der Waals surface area contributed by atoms with Gasteiger partial charge in [0, 0.05) is 24.6 Å². The zero-order valence-corrected chi connectivity index (χ0v) is 11.8. The molecule has 1 saturated carbocycles. The van der Waals surface area contributed by atoms with E-state index in [2.05, 4.69) is 5.32 Å². The van der Waals surface area contributed by atoms with Crippen LogP contribution in [0.5, 0.6) is 5.75 Å². The molecule has 0 amide bonds. The number of nitro groups is 1. The molecule has 2 unspecified atom stereocenters. The Morgan fingerprint density at radius 1 is 1.48 bits per heavy atom. The summed E-state index contributed by atoms with van der Waals surface area (Å²) in [7, 11) is 1.31. The van der Waals surface area contributed by atoms with Gasteiger partial charge in [-0.3, -0.25) is 10.1 Å². The van der Waals surface area contributed by atoms with Crippen molar-refractivity contribution >= 4 is 11.4 Å². The van der Waals surface area contributed by atoms with Gasteiger partial charge < -0.3 is 15.2 Å². The maximum absolute atomic E-state index is 14.0. The quantitative estimate of drug-likeness (QED) is 0.645. The second kappa shape index (κ2) is 6.71. The summed E-state index contributed by atoms with van der Waals surface area (Å²) in [5, 5.41) is 23.3. The first-order valence-electron chi connectivity index (χ1n) is 6.96. The van der Waals surface area contributed by atoms with Crippen LogP contribution in [0.25, 0.3) is 0 Å². The van der Waals surface area contributed by atoms with Gasteiger partial charge in [-0.05, 0) is 12.8 Å². The summed E-state index contributed by atoms with van der Waals surface area (Å²) in [5.41, 5.74) is -0.231. The minimum atomic E-state index is -0.690. The molecule has 0 saturated heterocycles. The van der Waals surface area contributed by atoms with E-state index in [0.29, 0.717) is 0 Å². The normalized spacial score (nSPS) is 21.9. The zero-order chi connectivity index (χ0) is 15.4. The van der Waals surface area contributed by atoms with Crippen molar-refractivity contribution in [2.75, 3.05) is 19.0 Å². The number of benzene rings is 1. The predicted octanol–water partition coefficient (Wildman–Crippen LogP) is 2.71. The number of anilines is 1. The van der Waals surface area contributed by atoms with Crippen molar-refractivity contribution in [3.05, 3.63) is 28.1 Å². The van der Waals surface area contributed by atoms with Crippen LogP contribution in [0.1, 0.15) is 25.7 Å². The van der Waals surface area contributed by atoms with Gasteiger partial charge in [-0.25, -0.2) is 4.39 Å². The van der Waals surface area contributed by atoms with Crippen molar-refractivity contribution in [1.82, 2.24) is 0 Å². The highest BCUT2D eigenvalue weighted by molar-refractivity contribution is 5.59. The Balaban J connectivity index is 2.25. The van der Waals surface area contributed by atoms with Crippen LogP contribution in [0.3, 0.4) is 0 Å². The fourth-order valence-corrected chi connectivity index (χ4v) is 2.78. The molecule has 1 aliphatic rings. The van der Waals surface area contributed by atoms with E-state index in [0.717, 1.165) is 31.7 Å². The zero-order valence-electron chi connectivity index (χ0n) is 11.8. The molecular formula is C14H19FN2O4. The molecule has 7 heteroatoms. The number of methoxy groups -OCH3 is 1. The van der Waals surface area contributed by atoms with Gasteiger partial charge in [0.25, 0.3) is 0 Å². The first kappa shape index (κ1) is 15.5. The van der Waals surface area contributed by atoms with Crippen LogP contribution in [-0.2, 0) is 0 Å². The van der Waals surface area contributed by atoms with Crippen LogP contribution >= 0.6 is 0 Å². The van der Waals surface area contributed by atoms with E-state index in [1.807, 2.05) is 0 Å². The Kier molecular flexibility index (Phi) is 4.95. The molecule has 1 fully saturated rings. The topological polar surface area (TPSA) is 84.6 Å². The number of nitro benzene ring substituents is 1. The molecule has 2 atom stereocenters. The summed E-state index contributed by atoms with van der Waals surface area (Å²) in [5.74, 6) is -0.607. The number of nitrogens with zero attached hydrogens (tertiary/aromatic N) is 1. The van der Waals surface area contributed by atoms with Crippen molar-refractivity contribution < 1.29 is 19.2 Å². The van der Waals surface area contributed by atoms with E-state index < -0.39 is 16.4 Å². The summed E-state index contributed by atoms with van der Waals surface area (Å²) in [6.45, 7) is 0.0450. The number of halogens is 1. The summed E-state index contributed by atoms with van der Waals surface area (Å²) in [6, 6.07) is 2.12. The number of aliphatic hydroxyl groups excluding tert-OH is 1. The largest absolute Gasteiger partial charge is 0.490 e. The first-order chi connectivity index (χ1) is 10.1. The van der Waals surface area contributed by atoms with Gasteiger partial charge in [-0.15, -0.1) is 0 Å². The second-order valence-corrected chi connectivity index (χ2v) is 5.24. The molecule has 0 aliphatic heterocycles. The number of aliphatic hydroxyl groups is 1. The lowest BCUT2D eigenvalue weighted by atomic mass is 9.85. The maximum atomic E-state index is 14.0. The molecular weight excluding hydrogens is 279 g/mol. The SMILES string of the molecule is COc1cc(NC2CCCCC2CO)c(F)cc1[N+](=O)[O-]. The molecule has 2 rings (SSSR count). The molecule has 116 valence electrons. The van der Waals surface area contributed by atoms with Crippen molar-refractivity contribution in [2.24, 2.45) is 5.92 Å². The van der Waals surface area contributed by atoms with Gasteiger partial charge in [0.15, 0.2) is 11.6 Å². The van der Waals surface area contributed by atoms with Crippen LogP contribution in [-0.4, -0.2) is 29.8 Å². The van der Waals surface area contributed by atoms with Crippen LogP contribution in [0.4, 0.5) is 15.8 Å². The molecule has 2 N–H and O–H groups in total. The van der Waals surface area contributed by atoms with Gasteiger partial charge in [0.05, 0.1) is 23.8 Å². The number of rotatable bonds is 5. The van der Waals surface area contributed by atoms with E-state index in [1.165, 1.54) is 13.2 Å². The third kappa shape index (κ3) is 3.41. The standard InChI is InChI=1S/C14H19FN2O4/c1-21-14-7-12(10(15)6-13(14)17(19)20)16-11-5-3-2-4-9(11)8-18/h6-7,9,11,16,18H,2-5,8H2,1H3. The highest BCUT2D eigenvalue weighted by Gasteiger charge is 2.26. The minimum Gasteiger partial charge on any atom is -0.490 e. The average Bonchev–Trinajstić information content (AvgIpc) is 2.49. The van der Waals surface area contributed by atoms with Gasteiger partial charge in [-0.1, -0.05) is 12.8 Å². The summed E-state index contributed by atoms with van der Waals surface area (Å²) in [4.78, 5) is 10.2. The van der Waals surface area contributed by atoms with E-state index in [9.17, 15) is 19.6 Å². The minimum absolute atomic E-state index is 0.0141. The van der Waals surface area contributed by atoms with Crippen LogP contribution < -0.4 is 10.1 Å². The molecule has 6 nitrogen and oxygen atoms in total. The lowest BCUT2D eigenvalue weighted by molar-refractivity contribution is -0.385. The van der Waals surface area contributed by atoms with Gasteiger partial charge in [0.2, 0.25) is 0 Å². The Labute approximate surface area is 122 Å². The third-order valence-corrected chi connectivity index (χ3v) is 3.95. The average molecular weight is 298 g/mol. The van der Waals surface area contributed by atoms with E-state index in [1.54, 1.807) is 0 Å². The van der Waals surface area contributed by atoms with Gasteiger partial charge in [-0.2, -0.15) is 0 Å². The van der Waals surface area contributed by atoms with E-state index >= 15 is 0 Å². The Morgan fingerprint density at radius 2 is 2.19 bits per heavy atom. The number of nitrogens with one attached hydrogen (secondary N) is 1. The molecule has 0 radical (unpaired) electrons. The molecule has 0 aromatic heterocycles. The number of ether oxygens (including phenoxy) is 1. The van der Waals surface area contributed by atoms with E-state index in [-0.39, 0.29) is 30.0 Å². The van der Waals surface area contributed by atoms with E-state index in [4.69, 9.17) is 4.74 Å². The first-order valence-corrected chi connectivity index (χ1v) is 6.96. The molecule has 0 bridgehead atoms. The Bertz CT molecular complexity index is 524. The smallest absolute Gasteiger partial charge is 0.313 e. The molecule has 0 heterocycles. The molecule has 1 aliphatic carbocycles. The van der Waals surface area contributed by atoms with Gasteiger partial charge >= 0.3 is 5.69 Å². The predicted molar refractivity (Wildman–Crippen MR) is 76.1 cm³/mol. The number of hydrogen-bond acceptors (Lipinski definition) is 5. The molecule has 1 aromatic carbocycles. The Hall–Kier alpha value is -1.89. The highest BCUT2D eigenvalue weighted by Crippen LogP contribution is 2.34. The van der Waals surface area contributed by atoms with Gasteiger partial charge in [0.1, 0.15) is 0 Å². The molecule has 21 heavy (non-hydrogen) atoms. The number of hydrogen-bond donors (Lipinski definition) is 2. The fraction of sp³-hybridized carbons (Fsp3) is 0.571. The van der Waals surface area contributed by atoms with Crippen molar-refractivity contribution in [3.63, 3.8) is 0 Å². The lowest BCUT2D eigenvalue weighted by Gasteiger charge is -2.31. The van der Waals surface area contributed by atoms with Crippen molar-refractivity contribution in [2.45, 2.75) is 31.7 Å². The monoisotopic (exact) mass is 298 g/mol. The second-order valence-electron chi connectivity index (χ2n) is 5.24. The summed E-state index contributed by atoms with van der Waals surface area (Å²) >= 11 is 0. The highest BCUT2D eigenvalue weighted by atomic mass is 19.1. The van der Waals surface area contributed by atoms with Crippen LogP contribution in [0, 0.1) is 21.8 Å². The maximum Gasteiger partial charge on any atom is 0.313 e. The molecule has 0 spiro atoms. The fourth-order valence-electron chi connectivity index (χ4n) is 2.78. The lowest BCUT2D eigenvalue weighted by Crippen LogP contribution is -2.34. The van der Waals surface area contributed by atoms with Crippen LogP contribution in [0.15, 0.2) is 12.1 Å².